The maximum absolute atomic E-state index is 5.01. The predicted molar refractivity (Wildman–Crippen MR) is 260 cm³/mol. The normalized spacial score (nSPS) is 19.1. The van der Waals surface area contributed by atoms with Crippen LogP contribution in [-0.4, -0.2) is 5.71 Å². The van der Waals surface area contributed by atoms with Crippen molar-refractivity contribution in [1.82, 2.24) is 0 Å². The number of hydrogen-bond acceptors (Lipinski definition) is 1. The number of benzene rings is 9. The van der Waals surface area contributed by atoms with E-state index in [0.29, 0.717) is 0 Å². The molecule has 0 N–H and O–H groups in total. The molecule has 1 aliphatic heterocycles. The quantitative estimate of drug-likeness (QED) is 0.158. The van der Waals surface area contributed by atoms with Gasteiger partial charge in [0.2, 0.25) is 0 Å². The Kier molecular flexibility index (Phi) is 7.21. The molecule has 2 spiro atoms. The van der Waals surface area contributed by atoms with Crippen LogP contribution in [-0.2, 0) is 10.8 Å². The summed E-state index contributed by atoms with van der Waals surface area (Å²) < 4.78 is 0. The summed E-state index contributed by atoms with van der Waals surface area (Å²) in [5.41, 5.74) is 20.1. The highest BCUT2D eigenvalue weighted by Crippen LogP contribution is 2.67. The van der Waals surface area contributed by atoms with E-state index in [-0.39, 0.29) is 0 Å². The molecule has 0 radical (unpaired) electrons. The van der Waals surface area contributed by atoms with E-state index in [2.05, 4.69) is 221 Å². The summed E-state index contributed by atoms with van der Waals surface area (Å²) in [5.74, 6) is 0. The molecule has 0 saturated carbocycles. The molecule has 3 aliphatic carbocycles. The molecule has 290 valence electrons. The number of nitrogens with zero attached hydrogens (tertiary/aromatic N) is 1. The molecule has 1 heteroatoms. The molecule has 9 aromatic carbocycles. The molecule has 0 fully saturated rings. The highest BCUT2D eigenvalue weighted by atomic mass is 14.8. The molecule has 0 bridgehead atoms. The second-order valence-corrected chi connectivity index (χ2v) is 17.4. The number of hydrogen-bond donors (Lipinski definition) is 0. The summed E-state index contributed by atoms with van der Waals surface area (Å²) in [6.07, 6.45) is 8.77. The first kappa shape index (κ1) is 35.2. The van der Waals surface area contributed by atoms with Crippen LogP contribution in [0.15, 0.2) is 223 Å². The molecule has 9 aromatic rings. The van der Waals surface area contributed by atoms with Crippen LogP contribution in [0.1, 0.15) is 57.0 Å². The van der Waals surface area contributed by atoms with Gasteiger partial charge in [0.25, 0.3) is 0 Å². The van der Waals surface area contributed by atoms with Gasteiger partial charge in [-0.25, -0.2) is 0 Å². The van der Waals surface area contributed by atoms with Crippen LogP contribution in [0, 0.1) is 6.92 Å². The zero-order valence-corrected chi connectivity index (χ0v) is 34.7. The van der Waals surface area contributed by atoms with Gasteiger partial charge in [0.15, 0.2) is 0 Å². The van der Waals surface area contributed by atoms with Crippen molar-refractivity contribution >= 4 is 43.6 Å². The second kappa shape index (κ2) is 12.7. The lowest BCUT2D eigenvalue weighted by molar-refractivity contribution is 0.629. The van der Waals surface area contributed by atoms with Gasteiger partial charge in [0.1, 0.15) is 0 Å². The zero-order chi connectivity index (χ0) is 41.3. The number of fused-ring (bicyclic) bond motifs is 19. The zero-order valence-electron chi connectivity index (χ0n) is 34.7. The highest BCUT2D eigenvalue weighted by Gasteiger charge is 2.61. The molecule has 2 atom stereocenters. The molecule has 2 unspecified atom stereocenters. The molecular weight excluding hydrogens is 747 g/mol. The van der Waals surface area contributed by atoms with E-state index in [1.807, 2.05) is 0 Å². The molecular formula is C61H41N. The topological polar surface area (TPSA) is 12.4 Å². The third kappa shape index (κ3) is 4.25. The van der Waals surface area contributed by atoms with Gasteiger partial charge < -0.3 is 0 Å². The minimum Gasteiger partial charge on any atom is -0.255 e. The van der Waals surface area contributed by atoms with Gasteiger partial charge in [-0.15, -0.1) is 0 Å². The monoisotopic (exact) mass is 787 g/mol. The van der Waals surface area contributed by atoms with Crippen molar-refractivity contribution in [3.05, 3.63) is 268 Å². The summed E-state index contributed by atoms with van der Waals surface area (Å²) in [6.45, 7) is 8.78. The van der Waals surface area contributed by atoms with E-state index < -0.39 is 10.8 Å². The molecule has 1 heterocycles. The number of aryl methyl sites for hydroxylation is 1. The Bertz CT molecular complexity index is 3630. The first-order valence-electron chi connectivity index (χ1n) is 21.8. The van der Waals surface area contributed by atoms with Crippen LogP contribution in [0.3, 0.4) is 0 Å². The van der Waals surface area contributed by atoms with E-state index in [1.54, 1.807) is 0 Å². The molecule has 13 rings (SSSR count). The fourth-order valence-corrected chi connectivity index (χ4v) is 12.2. The van der Waals surface area contributed by atoms with Crippen molar-refractivity contribution in [2.45, 2.75) is 24.7 Å². The van der Waals surface area contributed by atoms with Crippen molar-refractivity contribution in [3.8, 4) is 22.3 Å². The van der Waals surface area contributed by atoms with Gasteiger partial charge in [0.05, 0.1) is 16.5 Å². The smallest absolute Gasteiger partial charge is 0.0768 e. The summed E-state index contributed by atoms with van der Waals surface area (Å²) in [6, 6.07) is 66.6. The van der Waals surface area contributed by atoms with Crippen LogP contribution in [0.2, 0.25) is 0 Å². The number of allylic oxidation sites excluding steroid dienone is 6. The van der Waals surface area contributed by atoms with Crippen LogP contribution < -0.4 is 0 Å². The number of aliphatic imine (C=N–C) groups is 1. The molecule has 0 saturated heterocycles. The van der Waals surface area contributed by atoms with Crippen molar-refractivity contribution in [1.29, 1.82) is 0 Å². The van der Waals surface area contributed by atoms with Crippen molar-refractivity contribution in [3.63, 3.8) is 0 Å². The fourth-order valence-electron chi connectivity index (χ4n) is 12.2. The first-order chi connectivity index (χ1) is 30.6. The molecule has 1 nitrogen and oxygen atoms in total. The lowest BCUT2D eigenvalue weighted by atomic mass is 9.51. The summed E-state index contributed by atoms with van der Waals surface area (Å²) in [7, 11) is 0. The molecule has 0 aromatic heterocycles. The van der Waals surface area contributed by atoms with E-state index in [1.165, 1.54) is 121 Å². The Morgan fingerprint density at radius 1 is 0.452 bits per heavy atom. The Hall–Kier alpha value is -7.61. The lowest BCUT2D eigenvalue weighted by Crippen LogP contribution is -2.45. The Morgan fingerprint density at radius 3 is 1.58 bits per heavy atom. The minimum absolute atomic E-state index is 0.572. The van der Waals surface area contributed by atoms with E-state index in [0.717, 1.165) is 5.71 Å². The average molecular weight is 788 g/mol. The standard InChI is InChI=1S/C61H41N/c1-4-17-51-40(5-2)45-24-10-12-26-52(45)60(51)54-28-14-15-29-55(54)61(53-27-13-11-25-46(53)59-58(61)36-62-59)57-33-39(30-31-56(57)60)48-35-50-44-23-9-7-21-42(44)41-20-6-8-22-43(41)49(50)34-47(48)38-19-16-18-37(3)32-38/h4-36H,2H2,1,3H3/b17-4-. The van der Waals surface area contributed by atoms with Crippen LogP contribution in [0.5, 0.6) is 0 Å². The molecule has 62 heavy (non-hydrogen) atoms. The first-order valence-corrected chi connectivity index (χ1v) is 21.8. The summed E-state index contributed by atoms with van der Waals surface area (Å²) in [5, 5.41) is 7.64. The second-order valence-electron chi connectivity index (χ2n) is 17.4. The van der Waals surface area contributed by atoms with Crippen molar-refractivity contribution < 1.29 is 0 Å². The third-order valence-electron chi connectivity index (χ3n) is 14.5. The van der Waals surface area contributed by atoms with E-state index in [4.69, 9.17) is 4.99 Å². The Morgan fingerprint density at radius 2 is 0.984 bits per heavy atom. The van der Waals surface area contributed by atoms with Gasteiger partial charge in [-0.2, -0.15) is 0 Å². The average Bonchev–Trinajstić information content (AvgIpc) is 3.69. The summed E-state index contributed by atoms with van der Waals surface area (Å²) in [4.78, 5) is 5.01. The van der Waals surface area contributed by atoms with Crippen molar-refractivity contribution in [2.75, 3.05) is 0 Å². The minimum atomic E-state index is -0.584. The van der Waals surface area contributed by atoms with Gasteiger partial charge in [-0.3, -0.25) is 4.99 Å². The molecule has 0 amide bonds. The van der Waals surface area contributed by atoms with Gasteiger partial charge in [-0.05, 0) is 137 Å². The Labute approximate surface area is 362 Å². The van der Waals surface area contributed by atoms with Crippen LogP contribution >= 0.6 is 0 Å². The Balaban J connectivity index is 1.21. The van der Waals surface area contributed by atoms with Crippen LogP contribution in [0.25, 0.3) is 60.1 Å². The van der Waals surface area contributed by atoms with Gasteiger partial charge >= 0.3 is 0 Å². The highest BCUT2D eigenvalue weighted by molar-refractivity contribution is 6.27. The van der Waals surface area contributed by atoms with E-state index in [9.17, 15) is 0 Å². The predicted octanol–water partition coefficient (Wildman–Crippen LogP) is 15.0. The van der Waals surface area contributed by atoms with Crippen LogP contribution in [0.4, 0.5) is 0 Å². The SMILES string of the molecule is C=CC1=C(/C=C\C)C2(c3ccccc31)c1ccccc1C1(C3=CN=C3c3ccccc31)c1cc(-c3cc4c5ccccc5c5ccccc5c4cc3-c3cccc(C)c3)ccc12. The number of rotatable bonds is 4. The third-order valence-corrected chi connectivity index (χ3v) is 14.5. The maximum Gasteiger partial charge on any atom is 0.0768 e. The lowest BCUT2D eigenvalue weighted by Gasteiger charge is -2.49. The maximum atomic E-state index is 5.01. The van der Waals surface area contributed by atoms with E-state index >= 15 is 0 Å². The largest absolute Gasteiger partial charge is 0.255 e. The van der Waals surface area contributed by atoms with Gasteiger partial charge in [0, 0.05) is 17.3 Å². The van der Waals surface area contributed by atoms with Crippen molar-refractivity contribution in [2.24, 2.45) is 4.99 Å². The fraction of sp³-hybridized carbons (Fsp3) is 0.0656. The summed E-state index contributed by atoms with van der Waals surface area (Å²) >= 11 is 0. The van der Waals surface area contributed by atoms with Gasteiger partial charge in [-0.1, -0.05) is 188 Å². The molecule has 4 aliphatic rings.